The third-order valence-corrected chi connectivity index (χ3v) is 3.38. The first kappa shape index (κ1) is 13.3. The molecule has 0 aromatic heterocycles. The van der Waals surface area contributed by atoms with Crippen molar-refractivity contribution in [1.29, 1.82) is 0 Å². The number of hydrogen-bond donors (Lipinski definition) is 2. The van der Waals surface area contributed by atoms with Crippen LogP contribution in [0.4, 0.5) is 5.69 Å². The highest BCUT2D eigenvalue weighted by Crippen LogP contribution is 2.38. The molecule has 5 heteroatoms. The van der Waals surface area contributed by atoms with Crippen molar-refractivity contribution in [2.75, 3.05) is 18.5 Å². The normalized spacial score (nSPS) is 16.3. The molecule has 1 heterocycles. The summed E-state index contributed by atoms with van der Waals surface area (Å²) in [5.74, 6) is 1.34. The average Bonchev–Trinajstić information content (AvgIpc) is 2.28. The van der Waals surface area contributed by atoms with Gasteiger partial charge in [0.15, 0.2) is 11.5 Å². The van der Waals surface area contributed by atoms with Crippen LogP contribution in [0.15, 0.2) is 12.1 Å². The maximum Gasteiger partial charge on any atom is 0.163 e. The van der Waals surface area contributed by atoms with Crippen molar-refractivity contribution in [3.8, 4) is 11.5 Å². The predicted octanol–water partition coefficient (Wildman–Crippen LogP) is 2.68. The van der Waals surface area contributed by atoms with E-state index >= 15 is 0 Å². The first-order valence-corrected chi connectivity index (χ1v) is 6.34. The molecule has 0 saturated carbocycles. The van der Waals surface area contributed by atoms with Crippen LogP contribution in [0.25, 0.3) is 0 Å². The van der Waals surface area contributed by atoms with E-state index in [1.165, 1.54) is 0 Å². The summed E-state index contributed by atoms with van der Waals surface area (Å²) < 4.78 is 10.9. The van der Waals surface area contributed by atoms with Crippen LogP contribution in [-0.4, -0.2) is 30.0 Å². The Morgan fingerprint density at radius 3 is 2.39 bits per heavy atom. The molecule has 1 aliphatic rings. The number of halogens is 1. The number of nitrogens with one attached hydrogen (secondary N) is 1. The van der Waals surface area contributed by atoms with Crippen molar-refractivity contribution in [2.45, 2.75) is 32.4 Å². The second-order valence-corrected chi connectivity index (χ2v) is 5.40. The predicted molar refractivity (Wildman–Crippen MR) is 71.8 cm³/mol. The van der Waals surface area contributed by atoms with E-state index in [4.69, 9.17) is 21.1 Å². The van der Waals surface area contributed by atoms with E-state index in [-0.39, 0.29) is 6.04 Å². The highest BCUT2D eigenvalue weighted by molar-refractivity contribution is 6.33. The molecule has 100 valence electrons. The Morgan fingerprint density at radius 1 is 1.28 bits per heavy atom. The monoisotopic (exact) mass is 271 g/mol. The molecular weight excluding hydrogens is 254 g/mol. The largest absolute Gasteiger partial charge is 0.486 e. The van der Waals surface area contributed by atoms with E-state index in [9.17, 15) is 5.11 Å². The lowest BCUT2D eigenvalue weighted by Crippen LogP contribution is -2.39. The molecular formula is C13H18ClNO3. The molecule has 0 radical (unpaired) electrons. The Kier molecular flexibility index (Phi) is 3.59. The Balaban J connectivity index is 2.23. The van der Waals surface area contributed by atoms with Crippen LogP contribution in [0.3, 0.4) is 0 Å². The van der Waals surface area contributed by atoms with E-state index in [1.807, 2.05) is 6.92 Å². The highest BCUT2D eigenvalue weighted by atomic mass is 35.5. The van der Waals surface area contributed by atoms with Gasteiger partial charge in [-0.15, -0.1) is 0 Å². The lowest BCUT2D eigenvalue weighted by molar-refractivity contribution is 0.0649. The third kappa shape index (κ3) is 2.82. The van der Waals surface area contributed by atoms with Gasteiger partial charge in [0, 0.05) is 12.1 Å². The van der Waals surface area contributed by atoms with Gasteiger partial charge in [-0.1, -0.05) is 11.6 Å². The summed E-state index contributed by atoms with van der Waals surface area (Å²) in [7, 11) is 0. The summed E-state index contributed by atoms with van der Waals surface area (Å²) in [6.07, 6.45) is 0. The molecule has 0 saturated heterocycles. The van der Waals surface area contributed by atoms with Gasteiger partial charge in [0.1, 0.15) is 13.2 Å². The van der Waals surface area contributed by atoms with Gasteiger partial charge >= 0.3 is 0 Å². The lowest BCUT2D eigenvalue weighted by Gasteiger charge is -2.28. The molecule has 1 atom stereocenters. The van der Waals surface area contributed by atoms with Crippen molar-refractivity contribution in [1.82, 2.24) is 0 Å². The molecule has 1 aliphatic heterocycles. The topological polar surface area (TPSA) is 50.7 Å². The van der Waals surface area contributed by atoms with Crippen LogP contribution in [0, 0.1) is 0 Å². The molecule has 2 rings (SSSR count). The average molecular weight is 272 g/mol. The number of benzene rings is 1. The molecule has 1 aromatic rings. The van der Waals surface area contributed by atoms with Crippen LogP contribution < -0.4 is 14.8 Å². The van der Waals surface area contributed by atoms with E-state index in [0.29, 0.717) is 29.7 Å². The summed E-state index contributed by atoms with van der Waals surface area (Å²) >= 11 is 6.18. The number of anilines is 1. The highest BCUT2D eigenvalue weighted by Gasteiger charge is 2.24. The summed E-state index contributed by atoms with van der Waals surface area (Å²) in [5.41, 5.74) is -0.105. The Morgan fingerprint density at radius 2 is 1.83 bits per heavy atom. The molecule has 18 heavy (non-hydrogen) atoms. The quantitative estimate of drug-likeness (QED) is 0.887. The number of ether oxygens (including phenoxy) is 2. The fourth-order valence-electron chi connectivity index (χ4n) is 1.58. The van der Waals surface area contributed by atoms with Gasteiger partial charge in [-0.3, -0.25) is 0 Å². The SMILES string of the molecule is CC(Nc1cc2c(cc1Cl)OCCO2)C(C)(C)O. The molecule has 0 fully saturated rings. The molecule has 0 amide bonds. The van der Waals surface area contributed by atoms with Crippen LogP contribution in [0.5, 0.6) is 11.5 Å². The number of aliphatic hydroxyl groups is 1. The second kappa shape index (κ2) is 4.86. The van der Waals surface area contributed by atoms with E-state index < -0.39 is 5.60 Å². The Hall–Kier alpha value is -1.13. The van der Waals surface area contributed by atoms with Crippen molar-refractivity contribution in [3.63, 3.8) is 0 Å². The molecule has 2 N–H and O–H groups in total. The smallest absolute Gasteiger partial charge is 0.163 e. The second-order valence-electron chi connectivity index (χ2n) is 5.00. The van der Waals surface area contributed by atoms with Crippen molar-refractivity contribution < 1.29 is 14.6 Å². The molecule has 0 spiro atoms. The van der Waals surface area contributed by atoms with Gasteiger partial charge in [0.25, 0.3) is 0 Å². The lowest BCUT2D eigenvalue weighted by atomic mass is 10.0. The molecule has 4 nitrogen and oxygen atoms in total. The summed E-state index contributed by atoms with van der Waals surface area (Å²) in [6.45, 7) is 6.46. The molecule has 0 aliphatic carbocycles. The maximum atomic E-state index is 9.92. The van der Waals surface area contributed by atoms with Crippen molar-refractivity contribution >= 4 is 17.3 Å². The third-order valence-electron chi connectivity index (χ3n) is 3.06. The van der Waals surface area contributed by atoms with Gasteiger partial charge in [0.2, 0.25) is 0 Å². The number of hydrogen-bond acceptors (Lipinski definition) is 4. The zero-order valence-corrected chi connectivity index (χ0v) is 11.5. The Labute approximate surface area is 112 Å². The fraction of sp³-hybridized carbons (Fsp3) is 0.538. The fourth-order valence-corrected chi connectivity index (χ4v) is 1.79. The summed E-state index contributed by atoms with van der Waals surface area (Å²) in [4.78, 5) is 0. The molecule has 1 aromatic carbocycles. The minimum Gasteiger partial charge on any atom is -0.486 e. The standard InChI is InChI=1S/C13H18ClNO3/c1-8(13(2,3)16)15-10-7-12-11(6-9(10)14)17-4-5-18-12/h6-8,15-16H,4-5H2,1-3H3. The van der Waals surface area contributed by atoms with E-state index in [1.54, 1.807) is 26.0 Å². The van der Waals surface area contributed by atoms with Crippen LogP contribution in [0.1, 0.15) is 20.8 Å². The van der Waals surface area contributed by atoms with Crippen LogP contribution >= 0.6 is 11.6 Å². The van der Waals surface area contributed by atoms with Gasteiger partial charge in [-0.25, -0.2) is 0 Å². The molecule has 1 unspecified atom stereocenters. The van der Waals surface area contributed by atoms with Gasteiger partial charge < -0.3 is 19.9 Å². The first-order chi connectivity index (χ1) is 8.38. The van der Waals surface area contributed by atoms with Crippen LogP contribution in [0.2, 0.25) is 5.02 Å². The zero-order chi connectivity index (χ0) is 13.3. The Bertz CT molecular complexity index is 443. The van der Waals surface area contributed by atoms with Gasteiger partial charge in [0.05, 0.1) is 22.4 Å². The minimum absolute atomic E-state index is 0.141. The van der Waals surface area contributed by atoms with E-state index in [2.05, 4.69) is 5.32 Å². The summed E-state index contributed by atoms with van der Waals surface area (Å²) in [5, 5.41) is 13.6. The van der Waals surface area contributed by atoms with E-state index in [0.717, 1.165) is 5.69 Å². The van der Waals surface area contributed by atoms with Crippen molar-refractivity contribution in [2.24, 2.45) is 0 Å². The van der Waals surface area contributed by atoms with Gasteiger partial charge in [-0.05, 0) is 20.8 Å². The zero-order valence-electron chi connectivity index (χ0n) is 10.8. The van der Waals surface area contributed by atoms with Crippen LogP contribution in [-0.2, 0) is 0 Å². The molecule has 0 bridgehead atoms. The maximum absolute atomic E-state index is 9.92. The van der Waals surface area contributed by atoms with Gasteiger partial charge in [-0.2, -0.15) is 0 Å². The summed E-state index contributed by atoms with van der Waals surface area (Å²) in [6, 6.07) is 3.40. The number of rotatable bonds is 3. The first-order valence-electron chi connectivity index (χ1n) is 5.96. The minimum atomic E-state index is -0.837. The van der Waals surface area contributed by atoms with Crippen molar-refractivity contribution in [3.05, 3.63) is 17.2 Å². The number of fused-ring (bicyclic) bond motifs is 1.